The molecule has 2 unspecified atom stereocenters. The van der Waals surface area contributed by atoms with Crippen LogP contribution in [0.1, 0.15) is 43.0 Å². The number of carboxylic acids is 1. The van der Waals surface area contributed by atoms with E-state index in [2.05, 4.69) is 15.5 Å². The maximum absolute atomic E-state index is 12.8. The second kappa shape index (κ2) is 5.90. The molecule has 4 rings (SSSR count). The van der Waals surface area contributed by atoms with Gasteiger partial charge in [-0.15, -0.1) is 11.3 Å². The highest BCUT2D eigenvalue weighted by Gasteiger charge is 2.66. The molecule has 1 fully saturated rings. The van der Waals surface area contributed by atoms with Gasteiger partial charge in [-0.25, -0.2) is 0 Å². The van der Waals surface area contributed by atoms with Crippen molar-refractivity contribution in [1.82, 2.24) is 10.1 Å². The Morgan fingerprint density at radius 1 is 1.27 bits per heavy atom. The number of rotatable bonds is 4. The molecule has 0 radical (unpaired) electrons. The maximum Gasteiger partial charge on any atom is 0.307 e. The molecule has 0 aliphatic heterocycles. The lowest BCUT2D eigenvalue weighted by atomic mass is 9.95. The van der Waals surface area contributed by atoms with E-state index in [1.807, 2.05) is 13.8 Å². The summed E-state index contributed by atoms with van der Waals surface area (Å²) in [5, 5.41) is 16.9. The van der Waals surface area contributed by atoms with Gasteiger partial charge in [-0.05, 0) is 43.6 Å². The summed E-state index contributed by atoms with van der Waals surface area (Å²) < 4.78 is 5.37. The van der Waals surface area contributed by atoms with Gasteiger partial charge in [0.25, 0.3) is 5.89 Å². The minimum atomic E-state index is -0.923. The third-order valence-corrected chi connectivity index (χ3v) is 6.73. The Balaban J connectivity index is 1.68. The topological polar surface area (TPSA) is 105 Å². The zero-order valence-electron chi connectivity index (χ0n) is 15.0. The van der Waals surface area contributed by atoms with E-state index in [4.69, 9.17) is 4.52 Å². The van der Waals surface area contributed by atoms with Crippen LogP contribution >= 0.6 is 11.3 Å². The van der Waals surface area contributed by atoms with Gasteiger partial charge in [-0.2, -0.15) is 4.98 Å². The molecular weight excluding hydrogens is 354 g/mol. The molecule has 2 atom stereocenters. The standard InChI is InChI=1S/C18H21N3O4S/c1-8-19-15(25-21-8)11-9-6-4-5-7-10(9)26-16(11)20-14(22)12-13(17(23)24)18(12,2)3/h12-13H,4-7H2,1-3H3,(H,20,22)(H,23,24). The highest BCUT2D eigenvalue weighted by molar-refractivity contribution is 7.17. The van der Waals surface area contributed by atoms with Crippen LogP contribution in [0.3, 0.4) is 0 Å². The maximum atomic E-state index is 12.8. The van der Waals surface area contributed by atoms with Crippen LogP contribution in [-0.2, 0) is 22.4 Å². The van der Waals surface area contributed by atoms with Crippen molar-refractivity contribution in [3.05, 3.63) is 16.3 Å². The molecule has 0 saturated heterocycles. The number of hydrogen-bond acceptors (Lipinski definition) is 6. The number of nitrogens with zero attached hydrogens (tertiary/aromatic N) is 2. The smallest absolute Gasteiger partial charge is 0.307 e. The highest BCUT2D eigenvalue weighted by Crippen LogP contribution is 2.59. The quantitative estimate of drug-likeness (QED) is 0.849. The average molecular weight is 375 g/mol. The Morgan fingerprint density at radius 2 is 2.00 bits per heavy atom. The normalized spacial score (nSPS) is 23.3. The number of carbonyl (C=O) groups is 2. The number of fused-ring (bicyclic) bond motifs is 1. The van der Waals surface area contributed by atoms with Gasteiger partial charge in [0.05, 0.1) is 17.4 Å². The zero-order valence-corrected chi connectivity index (χ0v) is 15.8. The van der Waals surface area contributed by atoms with Crippen LogP contribution in [0.5, 0.6) is 0 Å². The summed E-state index contributed by atoms with van der Waals surface area (Å²) in [5.74, 6) is -1.39. The fourth-order valence-electron chi connectivity index (χ4n) is 4.06. The number of carboxylic acid groups (broad SMARTS) is 1. The first kappa shape index (κ1) is 17.2. The van der Waals surface area contributed by atoms with Gasteiger partial charge in [0, 0.05) is 4.88 Å². The Labute approximate surface area is 154 Å². The second-order valence-corrected chi connectivity index (χ2v) is 8.77. The molecule has 2 heterocycles. The number of thiophene rings is 1. The van der Waals surface area contributed by atoms with Gasteiger partial charge in [0.1, 0.15) is 5.00 Å². The Bertz CT molecular complexity index is 898. The molecule has 2 aliphatic rings. The van der Waals surface area contributed by atoms with Crippen LogP contribution in [0.15, 0.2) is 4.52 Å². The lowest BCUT2D eigenvalue weighted by molar-refractivity contribution is -0.140. The summed E-state index contributed by atoms with van der Waals surface area (Å²) in [5.41, 5.74) is 1.45. The fraction of sp³-hybridized carbons (Fsp3) is 0.556. The Kier molecular flexibility index (Phi) is 3.91. The van der Waals surface area contributed by atoms with Crippen molar-refractivity contribution in [3.8, 4) is 11.5 Å². The number of aliphatic carboxylic acids is 1. The molecular formula is C18H21N3O4S. The van der Waals surface area contributed by atoms with Crippen LogP contribution < -0.4 is 5.32 Å². The van der Waals surface area contributed by atoms with Gasteiger partial charge in [0.15, 0.2) is 5.82 Å². The summed E-state index contributed by atoms with van der Waals surface area (Å²) in [6.07, 6.45) is 4.11. The lowest BCUT2D eigenvalue weighted by Crippen LogP contribution is -2.17. The summed E-state index contributed by atoms with van der Waals surface area (Å²) in [7, 11) is 0. The van der Waals surface area contributed by atoms with Crippen LogP contribution in [0.25, 0.3) is 11.5 Å². The lowest BCUT2D eigenvalue weighted by Gasteiger charge is -2.11. The molecule has 8 heteroatoms. The number of aromatic nitrogens is 2. The van der Waals surface area contributed by atoms with Gasteiger partial charge in [-0.1, -0.05) is 19.0 Å². The first-order valence-corrected chi connectivity index (χ1v) is 9.61. The summed E-state index contributed by atoms with van der Waals surface area (Å²) in [6.45, 7) is 5.39. The third-order valence-electron chi connectivity index (χ3n) is 5.53. The van der Waals surface area contributed by atoms with E-state index >= 15 is 0 Å². The van der Waals surface area contributed by atoms with Crippen molar-refractivity contribution in [3.63, 3.8) is 0 Å². The average Bonchev–Trinajstić information content (AvgIpc) is 2.86. The predicted molar refractivity (Wildman–Crippen MR) is 96.0 cm³/mol. The monoisotopic (exact) mass is 375 g/mol. The van der Waals surface area contributed by atoms with Crippen LogP contribution in [0, 0.1) is 24.2 Å². The number of carbonyl (C=O) groups excluding carboxylic acids is 1. The van der Waals surface area contributed by atoms with Crippen molar-refractivity contribution in [2.75, 3.05) is 5.32 Å². The molecule has 7 nitrogen and oxygen atoms in total. The molecule has 2 aliphatic carbocycles. The van der Waals surface area contributed by atoms with Gasteiger partial charge < -0.3 is 14.9 Å². The van der Waals surface area contributed by atoms with E-state index in [-0.39, 0.29) is 5.91 Å². The number of nitrogens with one attached hydrogen (secondary N) is 1. The van der Waals surface area contributed by atoms with Crippen LogP contribution in [0.2, 0.25) is 0 Å². The predicted octanol–water partition coefficient (Wildman–Crippen LogP) is 3.28. The van der Waals surface area contributed by atoms with Crippen molar-refractivity contribution >= 4 is 28.2 Å². The van der Waals surface area contributed by atoms with Gasteiger partial charge in [-0.3, -0.25) is 9.59 Å². The highest BCUT2D eigenvalue weighted by atomic mass is 32.1. The molecule has 0 bridgehead atoms. The van der Waals surface area contributed by atoms with E-state index in [0.29, 0.717) is 16.7 Å². The van der Waals surface area contributed by atoms with Crippen molar-refractivity contribution < 1.29 is 19.2 Å². The third kappa shape index (κ3) is 2.63. The molecule has 2 aromatic heterocycles. The minimum absolute atomic E-state index is 0.251. The molecule has 0 aromatic carbocycles. The molecule has 2 aromatic rings. The van der Waals surface area contributed by atoms with Gasteiger partial charge >= 0.3 is 5.97 Å². The molecule has 1 amide bonds. The Hall–Kier alpha value is -2.22. The SMILES string of the molecule is Cc1noc(-c2c(NC(=O)C3C(C(=O)O)C3(C)C)sc3c2CCCC3)n1. The van der Waals surface area contributed by atoms with Gasteiger partial charge in [0.2, 0.25) is 5.91 Å². The Morgan fingerprint density at radius 3 is 2.62 bits per heavy atom. The fourth-order valence-corrected chi connectivity index (χ4v) is 5.34. The molecule has 1 saturated carbocycles. The minimum Gasteiger partial charge on any atom is -0.481 e. The van der Waals surface area contributed by atoms with Crippen molar-refractivity contribution in [2.24, 2.45) is 17.3 Å². The zero-order chi connectivity index (χ0) is 18.6. The number of anilines is 1. The van der Waals surface area contributed by atoms with E-state index < -0.39 is 23.2 Å². The van der Waals surface area contributed by atoms with Crippen molar-refractivity contribution in [1.29, 1.82) is 0 Å². The largest absolute Gasteiger partial charge is 0.481 e. The summed E-state index contributed by atoms with van der Waals surface area (Å²) in [4.78, 5) is 29.7. The number of amides is 1. The molecule has 138 valence electrons. The van der Waals surface area contributed by atoms with E-state index in [1.165, 1.54) is 10.4 Å². The van der Waals surface area contributed by atoms with Crippen molar-refractivity contribution in [2.45, 2.75) is 46.5 Å². The van der Waals surface area contributed by atoms with E-state index in [0.717, 1.165) is 31.2 Å². The second-order valence-electron chi connectivity index (χ2n) is 7.67. The summed E-state index contributed by atoms with van der Waals surface area (Å²) in [6, 6.07) is 0. The summed E-state index contributed by atoms with van der Waals surface area (Å²) >= 11 is 1.54. The molecule has 0 spiro atoms. The first-order chi connectivity index (χ1) is 12.3. The molecule has 26 heavy (non-hydrogen) atoms. The first-order valence-electron chi connectivity index (χ1n) is 8.79. The van der Waals surface area contributed by atoms with Crippen LogP contribution in [0.4, 0.5) is 5.00 Å². The molecule has 2 N–H and O–H groups in total. The van der Waals surface area contributed by atoms with E-state index in [1.54, 1.807) is 18.3 Å². The van der Waals surface area contributed by atoms with E-state index in [9.17, 15) is 14.7 Å². The van der Waals surface area contributed by atoms with Crippen LogP contribution in [-0.4, -0.2) is 27.1 Å². The number of hydrogen-bond donors (Lipinski definition) is 2. The number of aryl methyl sites for hydroxylation is 2.